The van der Waals surface area contributed by atoms with Crippen LogP contribution in [0.25, 0.3) is 0 Å². The van der Waals surface area contributed by atoms with E-state index in [0.717, 1.165) is 12.1 Å². The topological polar surface area (TPSA) is 71.4 Å². The van der Waals surface area contributed by atoms with E-state index in [-0.39, 0.29) is 34.9 Å². The summed E-state index contributed by atoms with van der Waals surface area (Å²) in [6.07, 6.45) is 0.790. The molecule has 2 atom stereocenters. The number of likely N-dealkylation sites (tertiary alicyclic amines) is 1. The molecule has 1 N–H and O–H groups in total. The number of hydrogen-bond donors (Lipinski definition) is 1. The molecule has 2 aliphatic heterocycles. The molecule has 3 heterocycles. The lowest BCUT2D eigenvalue weighted by Gasteiger charge is -2.40. The smallest absolute Gasteiger partial charge is 0.274 e. The van der Waals surface area contributed by atoms with Crippen LogP contribution < -0.4 is 10.9 Å². The zero-order valence-electron chi connectivity index (χ0n) is 13.9. The molecule has 4 rings (SSSR count). The Labute approximate surface area is 145 Å². The molecule has 2 amide bonds. The van der Waals surface area contributed by atoms with Crippen molar-refractivity contribution >= 4 is 17.5 Å². The van der Waals surface area contributed by atoms with E-state index in [0.29, 0.717) is 18.7 Å². The van der Waals surface area contributed by atoms with Crippen molar-refractivity contribution in [2.24, 2.45) is 5.92 Å². The molecule has 1 saturated heterocycles. The number of pyridine rings is 1. The van der Waals surface area contributed by atoms with E-state index in [4.69, 9.17) is 0 Å². The average Bonchev–Trinajstić information content (AvgIpc) is 2.63. The summed E-state index contributed by atoms with van der Waals surface area (Å²) in [5.74, 6) is -0.239. The van der Waals surface area contributed by atoms with Crippen molar-refractivity contribution < 1.29 is 9.59 Å². The third-order valence-electron chi connectivity index (χ3n) is 5.07. The summed E-state index contributed by atoms with van der Waals surface area (Å²) >= 11 is 0. The first-order valence-electron chi connectivity index (χ1n) is 8.39. The van der Waals surface area contributed by atoms with Crippen LogP contribution in [0, 0.1) is 5.92 Å². The second kappa shape index (κ2) is 5.88. The van der Waals surface area contributed by atoms with Crippen molar-refractivity contribution in [2.75, 3.05) is 18.9 Å². The Morgan fingerprint density at radius 2 is 1.84 bits per heavy atom. The van der Waals surface area contributed by atoms with Gasteiger partial charge in [0, 0.05) is 31.4 Å². The average molecular weight is 337 g/mol. The maximum Gasteiger partial charge on any atom is 0.274 e. The van der Waals surface area contributed by atoms with Gasteiger partial charge in [-0.25, -0.2) is 0 Å². The predicted molar refractivity (Wildman–Crippen MR) is 93.6 cm³/mol. The minimum Gasteiger partial charge on any atom is -0.345 e. The molecule has 0 saturated carbocycles. The van der Waals surface area contributed by atoms with E-state index in [2.05, 4.69) is 5.32 Å². The van der Waals surface area contributed by atoms with Crippen LogP contribution in [0.15, 0.2) is 47.3 Å². The van der Waals surface area contributed by atoms with Crippen LogP contribution in [0.1, 0.15) is 28.4 Å². The molecule has 6 heteroatoms. The molecule has 6 nitrogen and oxygen atoms in total. The number of hydrogen-bond acceptors (Lipinski definition) is 3. The molecule has 1 aromatic carbocycles. The van der Waals surface area contributed by atoms with E-state index < -0.39 is 0 Å². The minimum absolute atomic E-state index is 0.0603. The first-order chi connectivity index (χ1) is 12.0. The number of nitrogens with one attached hydrogen (secondary N) is 1. The molecule has 2 bridgehead atoms. The van der Waals surface area contributed by atoms with Crippen molar-refractivity contribution in [3.05, 3.63) is 64.1 Å². The van der Waals surface area contributed by atoms with Gasteiger partial charge in [-0.05, 0) is 36.6 Å². The summed E-state index contributed by atoms with van der Waals surface area (Å²) in [5.41, 5.74) is 1.25. The largest absolute Gasteiger partial charge is 0.345 e. The fourth-order valence-electron chi connectivity index (χ4n) is 3.85. The zero-order valence-corrected chi connectivity index (χ0v) is 13.9. The van der Waals surface area contributed by atoms with E-state index in [1.54, 1.807) is 45.9 Å². The molecular weight excluding hydrogens is 318 g/mol. The summed E-state index contributed by atoms with van der Waals surface area (Å²) in [4.78, 5) is 39.3. The highest BCUT2D eigenvalue weighted by Gasteiger charge is 2.39. The lowest BCUT2D eigenvalue weighted by molar-refractivity contribution is -0.136. The lowest BCUT2D eigenvalue weighted by Crippen LogP contribution is -2.49. The van der Waals surface area contributed by atoms with Gasteiger partial charge < -0.3 is 14.8 Å². The molecule has 1 fully saturated rings. The third-order valence-corrected chi connectivity index (χ3v) is 5.07. The Morgan fingerprint density at radius 1 is 1.08 bits per heavy atom. The Kier molecular flexibility index (Phi) is 3.67. The van der Waals surface area contributed by atoms with Crippen molar-refractivity contribution in [3.8, 4) is 0 Å². The zero-order chi connectivity index (χ0) is 17.6. The monoisotopic (exact) mass is 337 g/mol. The van der Waals surface area contributed by atoms with Crippen molar-refractivity contribution in [1.29, 1.82) is 0 Å². The van der Waals surface area contributed by atoms with Gasteiger partial charge in [0.15, 0.2) is 0 Å². The second-order valence-corrected chi connectivity index (χ2v) is 6.78. The van der Waals surface area contributed by atoms with Crippen LogP contribution in [0.5, 0.6) is 0 Å². The summed E-state index contributed by atoms with van der Waals surface area (Å²) < 4.78 is 1.66. The van der Waals surface area contributed by atoms with Gasteiger partial charge in [0.25, 0.3) is 11.5 Å². The highest BCUT2D eigenvalue weighted by molar-refractivity contribution is 6.04. The number of amides is 2. The number of anilines is 1. The van der Waals surface area contributed by atoms with E-state index in [1.165, 1.54) is 0 Å². The first-order valence-corrected chi connectivity index (χ1v) is 8.39. The second-order valence-electron chi connectivity index (χ2n) is 6.78. The number of piperidine rings is 1. The Morgan fingerprint density at radius 3 is 2.60 bits per heavy atom. The Balaban J connectivity index is 1.67. The number of aromatic nitrogens is 1. The predicted octanol–water partition coefficient (Wildman–Crippen LogP) is 1.68. The van der Waals surface area contributed by atoms with Crippen molar-refractivity contribution in [2.45, 2.75) is 18.9 Å². The molecule has 128 valence electrons. The fraction of sp³-hybridized carbons (Fsp3) is 0.316. The molecule has 0 aliphatic carbocycles. The van der Waals surface area contributed by atoms with Crippen LogP contribution in [0.2, 0.25) is 0 Å². The van der Waals surface area contributed by atoms with Crippen LogP contribution in [-0.2, 0) is 11.3 Å². The number of benzene rings is 1. The Hall–Kier alpha value is -2.89. The quantitative estimate of drug-likeness (QED) is 0.906. The van der Waals surface area contributed by atoms with Crippen molar-refractivity contribution in [1.82, 2.24) is 9.47 Å². The summed E-state index contributed by atoms with van der Waals surface area (Å²) in [7, 11) is 1.81. The lowest BCUT2D eigenvalue weighted by atomic mass is 9.82. The maximum absolute atomic E-state index is 12.8. The molecular formula is C19H19N3O3. The third kappa shape index (κ3) is 2.63. The number of rotatable bonds is 2. The van der Waals surface area contributed by atoms with E-state index in [9.17, 15) is 14.4 Å². The normalized spacial score (nSPS) is 21.6. The molecule has 0 radical (unpaired) electrons. The number of carbonyl (C=O) groups is 2. The summed E-state index contributed by atoms with van der Waals surface area (Å²) in [5, 5.41) is 2.69. The number of likely N-dealkylation sites (N-methyl/N-ethyl adjacent to an activating group) is 1. The molecule has 25 heavy (non-hydrogen) atoms. The van der Waals surface area contributed by atoms with Gasteiger partial charge >= 0.3 is 0 Å². The van der Waals surface area contributed by atoms with Gasteiger partial charge in [0.1, 0.15) is 5.69 Å². The first kappa shape index (κ1) is 15.6. The molecule has 2 aliphatic rings. The standard InChI is InChI=1S/C19H19N3O3/c1-21-10-12-9-14(18(21)24)16-8-7-15(19(25)22(16)11-12)20-17(23)13-5-3-2-4-6-13/h2-8,12,14H,9-11H2,1H3,(H,20,23)/t12-,14-/m0/s1. The number of fused-ring (bicyclic) bond motifs is 4. The van der Waals surface area contributed by atoms with Crippen LogP contribution in [-0.4, -0.2) is 34.9 Å². The van der Waals surface area contributed by atoms with Crippen LogP contribution in [0.3, 0.4) is 0 Å². The van der Waals surface area contributed by atoms with Gasteiger partial charge in [-0.3, -0.25) is 14.4 Å². The van der Waals surface area contributed by atoms with Crippen LogP contribution in [0.4, 0.5) is 5.69 Å². The molecule has 1 aromatic heterocycles. The van der Waals surface area contributed by atoms with E-state index in [1.807, 2.05) is 13.1 Å². The molecule has 2 aromatic rings. The van der Waals surface area contributed by atoms with Gasteiger partial charge in [-0.15, -0.1) is 0 Å². The summed E-state index contributed by atoms with van der Waals surface area (Å²) in [6, 6.07) is 12.2. The van der Waals surface area contributed by atoms with Gasteiger partial charge in [-0.1, -0.05) is 18.2 Å². The van der Waals surface area contributed by atoms with Crippen LogP contribution >= 0.6 is 0 Å². The SMILES string of the molecule is CN1C[C@@H]2C[C@H](C1=O)c1ccc(NC(=O)c3ccccc3)c(=O)n1C2. The van der Waals surface area contributed by atoms with Gasteiger partial charge in [0.05, 0.1) is 5.92 Å². The maximum atomic E-state index is 12.8. The highest BCUT2D eigenvalue weighted by atomic mass is 16.2. The van der Waals surface area contributed by atoms with Gasteiger partial charge in [-0.2, -0.15) is 0 Å². The number of nitrogens with zero attached hydrogens (tertiary/aromatic N) is 2. The molecule has 0 unspecified atom stereocenters. The minimum atomic E-state index is -0.315. The van der Waals surface area contributed by atoms with Crippen molar-refractivity contribution in [3.63, 3.8) is 0 Å². The fourth-order valence-corrected chi connectivity index (χ4v) is 3.85. The van der Waals surface area contributed by atoms with Gasteiger partial charge in [0.2, 0.25) is 5.91 Å². The number of carbonyl (C=O) groups excluding carboxylic acids is 2. The molecule has 0 spiro atoms. The summed E-state index contributed by atoms with van der Waals surface area (Å²) in [6.45, 7) is 1.25. The highest BCUT2D eigenvalue weighted by Crippen LogP contribution is 2.35. The van der Waals surface area contributed by atoms with E-state index >= 15 is 0 Å². The Bertz CT molecular complexity index is 904.